The number of hydrogen-bond donors (Lipinski definition) is 0. The zero-order valence-electron chi connectivity index (χ0n) is 8.59. The van der Waals surface area contributed by atoms with Crippen LogP contribution in [0.15, 0.2) is 12.8 Å². The summed E-state index contributed by atoms with van der Waals surface area (Å²) in [5.74, 6) is 0. The van der Waals surface area contributed by atoms with E-state index in [1.165, 1.54) is 0 Å². The molecule has 0 atom stereocenters. The summed E-state index contributed by atoms with van der Waals surface area (Å²) >= 11 is 0. The molecular weight excluding hydrogens is 160 g/mol. The summed E-state index contributed by atoms with van der Waals surface area (Å²) in [6.07, 6.45) is 3.90. The molecule has 0 bridgehead atoms. The lowest BCUT2D eigenvalue weighted by Gasteiger charge is -2.06. The Hall–Kier alpha value is -1.18. The molecule has 0 saturated heterocycles. The molecule has 0 fully saturated rings. The number of aryl methyl sites for hydroxylation is 2. The van der Waals surface area contributed by atoms with Crippen LogP contribution in [-0.4, -0.2) is 9.97 Å². The van der Waals surface area contributed by atoms with E-state index < -0.39 is 0 Å². The maximum absolute atomic E-state index is 4.35. The summed E-state index contributed by atoms with van der Waals surface area (Å²) in [5.41, 5.74) is 4.00. The normalized spacial score (nSPS) is 10.1. The molecule has 0 N–H and O–H groups in total. The molecule has 1 aromatic rings. The first-order valence-electron chi connectivity index (χ1n) is 4.63. The molecule has 70 valence electrons. The predicted molar refractivity (Wildman–Crippen MR) is 55.4 cm³/mol. The summed E-state index contributed by atoms with van der Waals surface area (Å²) in [4.78, 5) is 8.69. The average Bonchev–Trinajstić information content (AvgIpc) is 2.04. The molecule has 1 rings (SSSR count). The van der Waals surface area contributed by atoms with Gasteiger partial charge in [-0.25, -0.2) is 0 Å². The van der Waals surface area contributed by atoms with E-state index in [0.717, 1.165) is 35.5 Å². The van der Waals surface area contributed by atoms with Crippen molar-refractivity contribution in [3.8, 4) is 0 Å². The lowest BCUT2D eigenvalue weighted by atomic mass is 10.1. The summed E-state index contributed by atoms with van der Waals surface area (Å²) in [6, 6.07) is 0. The lowest BCUT2D eigenvalue weighted by molar-refractivity contribution is 0.949. The van der Waals surface area contributed by atoms with Crippen LogP contribution in [0.3, 0.4) is 0 Å². The van der Waals surface area contributed by atoms with E-state index in [2.05, 4.69) is 23.5 Å². The van der Waals surface area contributed by atoms with Crippen molar-refractivity contribution in [1.29, 1.82) is 0 Å². The Kier molecular flexibility index (Phi) is 3.18. The molecule has 0 aliphatic rings. The van der Waals surface area contributed by atoms with E-state index in [9.17, 15) is 0 Å². The fraction of sp³-hybridized carbons (Fsp3) is 0.455. The standard InChI is InChI=1S/C11H16N2/c1-5-6-8(2)11-10(4)13-9(3)7-12-11/h7H,2,5-6H2,1,3-4H3. The van der Waals surface area contributed by atoms with Crippen LogP contribution in [0.2, 0.25) is 0 Å². The van der Waals surface area contributed by atoms with Gasteiger partial charge in [-0.3, -0.25) is 9.97 Å². The first kappa shape index (κ1) is 9.90. The Bertz CT molecular complexity index is 316. The van der Waals surface area contributed by atoms with Gasteiger partial charge >= 0.3 is 0 Å². The predicted octanol–water partition coefficient (Wildman–Crippen LogP) is 2.91. The largest absolute Gasteiger partial charge is 0.255 e. The molecule has 2 nitrogen and oxygen atoms in total. The minimum Gasteiger partial charge on any atom is -0.255 e. The van der Waals surface area contributed by atoms with Crippen molar-refractivity contribution in [3.05, 3.63) is 29.9 Å². The summed E-state index contributed by atoms with van der Waals surface area (Å²) in [6.45, 7) is 10.1. The van der Waals surface area contributed by atoms with Crippen LogP contribution in [0, 0.1) is 13.8 Å². The Morgan fingerprint density at radius 2 is 2.15 bits per heavy atom. The number of aromatic nitrogens is 2. The zero-order chi connectivity index (χ0) is 9.84. The van der Waals surface area contributed by atoms with Gasteiger partial charge in [0.25, 0.3) is 0 Å². The molecule has 0 amide bonds. The second-order valence-corrected chi connectivity index (χ2v) is 3.30. The molecule has 0 aliphatic heterocycles. The Labute approximate surface area is 79.7 Å². The van der Waals surface area contributed by atoms with Crippen LogP contribution in [0.25, 0.3) is 5.57 Å². The fourth-order valence-electron chi connectivity index (χ4n) is 1.37. The SMILES string of the molecule is C=C(CCC)c1ncc(C)nc1C. The quantitative estimate of drug-likeness (QED) is 0.707. The third-order valence-electron chi connectivity index (χ3n) is 1.95. The molecule has 0 spiro atoms. The molecule has 1 aromatic heterocycles. The molecule has 1 heterocycles. The number of nitrogens with zero attached hydrogens (tertiary/aromatic N) is 2. The highest BCUT2D eigenvalue weighted by atomic mass is 14.8. The van der Waals surface area contributed by atoms with Crippen LogP contribution >= 0.6 is 0 Å². The first-order valence-corrected chi connectivity index (χ1v) is 4.63. The van der Waals surface area contributed by atoms with Crippen molar-refractivity contribution >= 4 is 5.57 Å². The number of rotatable bonds is 3. The third-order valence-corrected chi connectivity index (χ3v) is 1.95. The smallest absolute Gasteiger partial charge is 0.0868 e. The van der Waals surface area contributed by atoms with Crippen LogP contribution in [-0.2, 0) is 0 Å². The van der Waals surface area contributed by atoms with E-state index in [1.54, 1.807) is 6.20 Å². The maximum Gasteiger partial charge on any atom is 0.0868 e. The van der Waals surface area contributed by atoms with Crippen molar-refractivity contribution in [3.63, 3.8) is 0 Å². The first-order chi connectivity index (χ1) is 6.15. The van der Waals surface area contributed by atoms with E-state index in [0.29, 0.717) is 0 Å². The highest BCUT2D eigenvalue weighted by molar-refractivity contribution is 5.61. The summed E-state index contributed by atoms with van der Waals surface area (Å²) in [5, 5.41) is 0. The van der Waals surface area contributed by atoms with E-state index in [-0.39, 0.29) is 0 Å². The van der Waals surface area contributed by atoms with Crippen LogP contribution < -0.4 is 0 Å². The van der Waals surface area contributed by atoms with Crippen LogP contribution in [0.1, 0.15) is 36.8 Å². The molecular formula is C11H16N2. The van der Waals surface area contributed by atoms with Crippen molar-refractivity contribution in [2.24, 2.45) is 0 Å². The van der Waals surface area contributed by atoms with Crippen molar-refractivity contribution < 1.29 is 0 Å². The van der Waals surface area contributed by atoms with Gasteiger partial charge in [-0.15, -0.1) is 0 Å². The van der Waals surface area contributed by atoms with Gasteiger partial charge in [0, 0.05) is 6.20 Å². The van der Waals surface area contributed by atoms with Gasteiger partial charge in [-0.1, -0.05) is 19.9 Å². The minimum absolute atomic E-state index is 0.963. The summed E-state index contributed by atoms with van der Waals surface area (Å²) in [7, 11) is 0. The highest BCUT2D eigenvalue weighted by Gasteiger charge is 2.04. The molecule has 0 radical (unpaired) electrons. The monoisotopic (exact) mass is 176 g/mol. The molecule has 13 heavy (non-hydrogen) atoms. The minimum atomic E-state index is 0.963. The number of allylic oxidation sites excluding steroid dienone is 1. The van der Waals surface area contributed by atoms with Gasteiger partial charge in [-0.05, 0) is 25.8 Å². The van der Waals surface area contributed by atoms with Crippen molar-refractivity contribution in [2.75, 3.05) is 0 Å². The van der Waals surface area contributed by atoms with E-state index in [1.807, 2.05) is 13.8 Å². The van der Waals surface area contributed by atoms with Crippen molar-refractivity contribution in [2.45, 2.75) is 33.6 Å². The van der Waals surface area contributed by atoms with Gasteiger partial charge in [-0.2, -0.15) is 0 Å². The van der Waals surface area contributed by atoms with Crippen LogP contribution in [0.4, 0.5) is 0 Å². The highest BCUT2D eigenvalue weighted by Crippen LogP contribution is 2.17. The van der Waals surface area contributed by atoms with Crippen molar-refractivity contribution in [1.82, 2.24) is 9.97 Å². The second kappa shape index (κ2) is 4.17. The Morgan fingerprint density at radius 1 is 1.46 bits per heavy atom. The van der Waals surface area contributed by atoms with Gasteiger partial charge in [0.05, 0.1) is 17.1 Å². The second-order valence-electron chi connectivity index (χ2n) is 3.30. The fourth-order valence-corrected chi connectivity index (χ4v) is 1.37. The van der Waals surface area contributed by atoms with E-state index in [4.69, 9.17) is 0 Å². The van der Waals surface area contributed by atoms with Gasteiger partial charge in [0.1, 0.15) is 0 Å². The Balaban J connectivity index is 2.95. The third kappa shape index (κ3) is 2.38. The maximum atomic E-state index is 4.35. The zero-order valence-corrected chi connectivity index (χ0v) is 8.59. The molecule has 0 saturated carbocycles. The average molecular weight is 176 g/mol. The van der Waals surface area contributed by atoms with E-state index >= 15 is 0 Å². The summed E-state index contributed by atoms with van der Waals surface area (Å²) < 4.78 is 0. The van der Waals surface area contributed by atoms with Gasteiger partial charge < -0.3 is 0 Å². The van der Waals surface area contributed by atoms with Gasteiger partial charge in [0.2, 0.25) is 0 Å². The Morgan fingerprint density at radius 3 is 2.69 bits per heavy atom. The molecule has 0 unspecified atom stereocenters. The topological polar surface area (TPSA) is 25.8 Å². The molecule has 0 aromatic carbocycles. The molecule has 2 heteroatoms. The number of hydrogen-bond acceptors (Lipinski definition) is 2. The van der Waals surface area contributed by atoms with Crippen LogP contribution in [0.5, 0.6) is 0 Å². The molecule has 0 aliphatic carbocycles. The lowest BCUT2D eigenvalue weighted by Crippen LogP contribution is -1.97. The van der Waals surface area contributed by atoms with Gasteiger partial charge in [0.15, 0.2) is 0 Å².